The number of fused-ring (bicyclic) bond motifs is 1. The number of aromatic nitrogens is 2. The minimum Gasteiger partial charge on any atom is -0.485 e. The molecule has 0 saturated carbocycles. The van der Waals surface area contributed by atoms with Gasteiger partial charge < -0.3 is 19.3 Å². The molecule has 0 amide bonds. The normalized spacial score (nSPS) is 24.8. The SMILES string of the molecule is c1ccc2c(c1)OCC(c1noc([C@@H]3CCCNC3)n1)O2. The van der Waals surface area contributed by atoms with E-state index in [-0.39, 0.29) is 6.10 Å². The second kappa shape index (κ2) is 5.37. The van der Waals surface area contributed by atoms with Gasteiger partial charge in [-0.05, 0) is 31.5 Å². The summed E-state index contributed by atoms with van der Waals surface area (Å²) in [6.07, 6.45) is 1.91. The van der Waals surface area contributed by atoms with Crippen molar-refractivity contribution in [1.29, 1.82) is 0 Å². The fraction of sp³-hybridized carbons (Fsp3) is 0.467. The van der Waals surface area contributed by atoms with Gasteiger partial charge in [0.2, 0.25) is 11.7 Å². The van der Waals surface area contributed by atoms with E-state index in [1.165, 1.54) is 0 Å². The Kier molecular flexibility index (Phi) is 3.23. The lowest BCUT2D eigenvalue weighted by atomic mass is 10.00. The predicted molar refractivity (Wildman–Crippen MR) is 74.4 cm³/mol. The number of para-hydroxylation sites is 2. The second-order valence-electron chi connectivity index (χ2n) is 5.40. The number of piperidine rings is 1. The first-order chi connectivity index (χ1) is 10.4. The number of benzene rings is 1. The summed E-state index contributed by atoms with van der Waals surface area (Å²) >= 11 is 0. The first-order valence-corrected chi connectivity index (χ1v) is 7.33. The van der Waals surface area contributed by atoms with Crippen molar-refractivity contribution in [2.45, 2.75) is 24.9 Å². The first-order valence-electron chi connectivity index (χ1n) is 7.33. The number of ether oxygens (including phenoxy) is 2. The van der Waals surface area contributed by atoms with Crippen molar-refractivity contribution in [3.05, 3.63) is 36.0 Å². The average Bonchev–Trinajstić information content (AvgIpc) is 3.05. The van der Waals surface area contributed by atoms with Crippen LogP contribution in [-0.2, 0) is 0 Å². The molecular weight excluding hydrogens is 270 g/mol. The van der Waals surface area contributed by atoms with Crippen molar-refractivity contribution >= 4 is 0 Å². The van der Waals surface area contributed by atoms with E-state index in [9.17, 15) is 0 Å². The van der Waals surface area contributed by atoms with Crippen LogP contribution in [0.4, 0.5) is 0 Å². The molecule has 2 aliphatic heterocycles. The summed E-state index contributed by atoms with van der Waals surface area (Å²) in [7, 11) is 0. The number of nitrogens with zero attached hydrogens (tertiary/aromatic N) is 2. The number of hydrogen-bond donors (Lipinski definition) is 1. The molecule has 21 heavy (non-hydrogen) atoms. The number of hydrogen-bond acceptors (Lipinski definition) is 6. The van der Waals surface area contributed by atoms with Crippen molar-refractivity contribution in [2.24, 2.45) is 0 Å². The molecule has 2 atom stereocenters. The maximum Gasteiger partial charge on any atom is 0.231 e. The first kappa shape index (κ1) is 12.6. The highest BCUT2D eigenvalue weighted by Gasteiger charge is 2.29. The topological polar surface area (TPSA) is 69.4 Å². The molecule has 110 valence electrons. The van der Waals surface area contributed by atoms with E-state index in [4.69, 9.17) is 14.0 Å². The van der Waals surface area contributed by atoms with E-state index >= 15 is 0 Å². The molecule has 4 rings (SSSR count). The van der Waals surface area contributed by atoms with Gasteiger partial charge in [0.15, 0.2) is 17.6 Å². The fourth-order valence-corrected chi connectivity index (χ4v) is 2.75. The van der Waals surface area contributed by atoms with Crippen molar-refractivity contribution in [1.82, 2.24) is 15.5 Å². The van der Waals surface area contributed by atoms with Crippen LogP contribution in [0.5, 0.6) is 11.5 Å². The highest BCUT2D eigenvalue weighted by molar-refractivity contribution is 5.40. The van der Waals surface area contributed by atoms with Gasteiger partial charge in [-0.2, -0.15) is 4.98 Å². The summed E-state index contributed by atoms with van der Waals surface area (Å²) in [4.78, 5) is 4.51. The lowest BCUT2D eigenvalue weighted by molar-refractivity contribution is 0.0832. The average molecular weight is 287 g/mol. The Morgan fingerprint density at radius 3 is 2.95 bits per heavy atom. The minimum absolute atomic E-state index is 0.303. The molecule has 2 aromatic rings. The molecule has 1 aromatic carbocycles. The molecule has 1 N–H and O–H groups in total. The third-order valence-electron chi connectivity index (χ3n) is 3.90. The van der Waals surface area contributed by atoms with E-state index in [0.717, 1.165) is 37.4 Å². The van der Waals surface area contributed by atoms with Gasteiger partial charge in [-0.3, -0.25) is 0 Å². The Morgan fingerprint density at radius 1 is 1.19 bits per heavy atom. The van der Waals surface area contributed by atoms with Gasteiger partial charge in [0, 0.05) is 6.54 Å². The Labute approximate surface area is 122 Å². The van der Waals surface area contributed by atoms with Gasteiger partial charge >= 0.3 is 0 Å². The molecule has 0 aliphatic carbocycles. The fourth-order valence-electron chi connectivity index (χ4n) is 2.75. The Hall–Kier alpha value is -2.08. The summed E-state index contributed by atoms with van der Waals surface area (Å²) in [5.41, 5.74) is 0. The van der Waals surface area contributed by atoms with Gasteiger partial charge in [0.25, 0.3) is 0 Å². The molecule has 1 unspecified atom stereocenters. The summed E-state index contributed by atoms with van der Waals surface area (Å²) in [5, 5.41) is 7.42. The van der Waals surface area contributed by atoms with E-state index in [1.807, 2.05) is 24.3 Å². The zero-order valence-electron chi connectivity index (χ0n) is 11.6. The van der Waals surface area contributed by atoms with Crippen LogP contribution in [0.25, 0.3) is 0 Å². The Morgan fingerprint density at radius 2 is 2.10 bits per heavy atom. The van der Waals surface area contributed by atoms with E-state index < -0.39 is 0 Å². The molecular formula is C15H17N3O3. The third kappa shape index (κ3) is 2.47. The highest BCUT2D eigenvalue weighted by atomic mass is 16.6. The molecule has 6 nitrogen and oxygen atoms in total. The monoisotopic (exact) mass is 287 g/mol. The molecule has 1 saturated heterocycles. The van der Waals surface area contributed by atoms with Crippen molar-refractivity contribution in [2.75, 3.05) is 19.7 Å². The van der Waals surface area contributed by atoms with E-state index in [0.29, 0.717) is 24.2 Å². The van der Waals surface area contributed by atoms with Gasteiger partial charge in [-0.25, -0.2) is 0 Å². The lowest BCUT2D eigenvalue weighted by Gasteiger charge is -2.24. The predicted octanol–water partition coefficient (Wildman–Crippen LogP) is 2.05. The lowest BCUT2D eigenvalue weighted by Crippen LogP contribution is -2.28. The summed E-state index contributed by atoms with van der Waals surface area (Å²) in [6.45, 7) is 2.36. The Balaban J connectivity index is 1.51. The van der Waals surface area contributed by atoms with Crippen LogP contribution >= 0.6 is 0 Å². The quantitative estimate of drug-likeness (QED) is 0.911. The molecule has 0 radical (unpaired) electrons. The standard InChI is InChI=1S/C15H17N3O3/c1-2-6-12-11(5-1)19-9-13(20-12)14-17-15(21-18-14)10-4-3-7-16-8-10/h1-2,5-6,10,13,16H,3-4,7-9H2/t10-,13?/m1/s1. The maximum atomic E-state index is 5.89. The van der Waals surface area contributed by atoms with E-state index in [1.54, 1.807) is 0 Å². The minimum atomic E-state index is -0.311. The highest BCUT2D eigenvalue weighted by Crippen LogP contribution is 2.35. The van der Waals surface area contributed by atoms with Gasteiger partial charge in [-0.1, -0.05) is 17.3 Å². The largest absolute Gasteiger partial charge is 0.485 e. The summed E-state index contributed by atoms with van der Waals surface area (Å²) < 4.78 is 17.0. The molecule has 3 heterocycles. The molecule has 1 fully saturated rings. The molecule has 0 bridgehead atoms. The Bertz CT molecular complexity index is 622. The molecule has 2 aliphatic rings. The molecule has 1 aromatic heterocycles. The molecule has 0 spiro atoms. The van der Waals surface area contributed by atoms with Crippen molar-refractivity contribution < 1.29 is 14.0 Å². The van der Waals surface area contributed by atoms with Crippen LogP contribution in [0.1, 0.15) is 36.6 Å². The molecule has 6 heteroatoms. The zero-order chi connectivity index (χ0) is 14.1. The van der Waals surface area contributed by atoms with Crippen molar-refractivity contribution in [3.63, 3.8) is 0 Å². The summed E-state index contributed by atoms with van der Waals surface area (Å²) in [6, 6.07) is 7.61. The van der Waals surface area contributed by atoms with Gasteiger partial charge in [0.05, 0.1) is 5.92 Å². The van der Waals surface area contributed by atoms with Crippen LogP contribution in [0.2, 0.25) is 0 Å². The van der Waals surface area contributed by atoms with Crippen LogP contribution in [-0.4, -0.2) is 29.8 Å². The van der Waals surface area contributed by atoms with Gasteiger partial charge in [-0.15, -0.1) is 0 Å². The number of rotatable bonds is 2. The summed E-state index contributed by atoms with van der Waals surface area (Å²) in [5.74, 6) is 3.04. The van der Waals surface area contributed by atoms with E-state index in [2.05, 4.69) is 15.5 Å². The van der Waals surface area contributed by atoms with Gasteiger partial charge in [0.1, 0.15) is 6.61 Å². The maximum absolute atomic E-state index is 5.89. The van der Waals surface area contributed by atoms with Crippen molar-refractivity contribution in [3.8, 4) is 11.5 Å². The van der Waals surface area contributed by atoms with Crippen LogP contribution in [0, 0.1) is 0 Å². The smallest absolute Gasteiger partial charge is 0.231 e. The van der Waals surface area contributed by atoms with Crippen LogP contribution in [0.3, 0.4) is 0 Å². The number of nitrogens with one attached hydrogen (secondary N) is 1. The second-order valence-corrected chi connectivity index (χ2v) is 5.40. The zero-order valence-corrected chi connectivity index (χ0v) is 11.6. The third-order valence-corrected chi connectivity index (χ3v) is 3.90. The van der Waals surface area contributed by atoms with Crippen LogP contribution in [0.15, 0.2) is 28.8 Å². The van der Waals surface area contributed by atoms with Crippen LogP contribution < -0.4 is 14.8 Å².